The van der Waals surface area contributed by atoms with Gasteiger partial charge in [-0.1, -0.05) is 182 Å². The average Bonchev–Trinajstić information content (AvgIpc) is 4.13. The van der Waals surface area contributed by atoms with Gasteiger partial charge in [0.1, 0.15) is 6.07 Å². The lowest BCUT2D eigenvalue weighted by atomic mass is 9.34. The number of rotatable bonds is 3. The summed E-state index contributed by atoms with van der Waals surface area (Å²) in [7, 11) is -2.85. The molecule has 0 radical (unpaired) electrons. The molecular formula is C62H34BN5Si. The van der Waals surface area contributed by atoms with Crippen LogP contribution in [0.5, 0.6) is 0 Å². The maximum atomic E-state index is 12.1. The Hall–Kier alpha value is -9.14. The zero-order chi connectivity index (χ0) is 45.3. The third-order valence-corrected chi connectivity index (χ3v) is 20.8. The number of benzene rings is 10. The van der Waals surface area contributed by atoms with Crippen molar-refractivity contribution in [3.8, 4) is 34.3 Å². The van der Waals surface area contributed by atoms with Gasteiger partial charge < -0.3 is 13.7 Å². The van der Waals surface area contributed by atoms with Crippen LogP contribution >= 0.6 is 0 Å². The molecule has 0 bridgehead atoms. The predicted octanol–water partition coefficient (Wildman–Crippen LogP) is 9.90. The van der Waals surface area contributed by atoms with Crippen LogP contribution in [0, 0.1) is 17.9 Å². The summed E-state index contributed by atoms with van der Waals surface area (Å²) in [6, 6.07) is 78.2. The smallest absolute Gasteiger partial charge is 0.250 e. The Kier molecular flexibility index (Phi) is 7.00. The molecule has 0 aliphatic carbocycles. The molecule has 0 amide bonds. The van der Waals surface area contributed by atoms with Gasteiger partial charge in [-0.15, -0.1) is 0 Å². The minimum absolute atomic E-state index is 0.218. The van der Waals surface area contributed by atoms with Gasteiger partial charge in [0, 0.05) is 43.4 Å². The predicted molar refractivity (Wildman–Crippen MR) is 288 cm³/mol. The third-order valence-electron chi connectivity index (χ3n) is 15.9. The molecule has 0 saturated carbocycles. The molecule has 3 aromatic heterocycles. The molecule has 69 heavy (non-hydrogen) atoms. The van der Waals surface area contributed by atoms with Crippen LogP contribution in [0.25, 0.3) is 98.5 Å². The van der Waals surface area contributed by atoms with Crippen molar-refractivity contribution in [3.63, 3.8) is 0 Å². The van der Waals surface area contributed by atoms with E-state index in [4.69, 9.17) is 0 Å². The molecule has 6 heterocycles. The fourth-order valence-electron chi connectivity index (χ4n) is 13.5. The molecular weight excluding hydrogens is 854 g/mol. The Morgan fingerprint density at radius 2 is 0.942 bits per heavy atom. The van der Waals surface area contributed by atoms with Gasteiger partial charge in [0.25, 0.3) is 6.71 Å². The number of aromatic nitrogens is 3. The highest BCUT2D eigenvalue weighted by Crippen LogP contribution is 2.48. The van der Waals surface area contributed by atoms with Gasteiger partial charge in [-0.25, -0.2) is 4.85 Å². The first-order chi connectivity index (χ1) is 34.2. The van der Waals surface area contributed by atoms with Crippen molar-refractivity contribution in [2.24, 2.45) is 0 Å². The number of nitrogens with zero attached hydrogens (tertiary/aromatic N) is 5. The third kappa shape index (κ3) is 4.28. The molecule has 0 unspecified atom stereocenters. The van der Waals surface area contributed by atoms with E-state index in [-0.39, 0.29) is 6.71 Å². The van der Waals surface area contributed by atoms with E-state index in [2.05, 4.69) is 231 Å². The summed E-state index contributed by atoms with van der Waals surface area (Å²) < 4.78 is 7.01. The fraction of sp³-hybridized carbons (Fsp3) is 0. The maximum absolute atomic E-state index is 12.1. The lowest BCUT2D eigenvalue weighted by molar-refractivity contribution is 1.10. The Labute approximate surface area is 397 Å². The van der Waals surface area contributed by atoms with Crippen LogP contribution in [0.3, 0.4) is 0 Å². The fourth-order valence-corrected chi connectivity index (χ4v) is 18.7. The molecule has 13 aromatic rings. The zero-order valence-corrected chi connectivity index (χ0v) is 37.9. The topological polar surface area (TPSA) is 42.9 Å². The van der Waals surface area contributed by atoms with Gasteiger partial charge in [0.15, 0.2) is 8.07 Å². The van der Waals surface area contributed by atoms with E-state index in [9.17, 15) is 11.8 Å². The molecule has 0 atom stereocenters. The van der Waals surface area contributed by atoms with E-state index in [0.717, 1.165) is 82.3 Å². The Morgan fingerprint density at radius 1 is 0.435 bits per heavy atom. The summed E-state index contributed by atoms with van der Waals surface area (Å²) in [4.78, 5) is 4.66. The summed E-state index contributed by atoms with van der Waals surface area (Å²) in [5.74, 6) is 0. The van der Waals surface area contributed by atoms with Crippen LogP contribution in [0.2, 0.25) is 0 Å². The van der Waals surface area contributed by atoms with Gasteiger partial charge >= 0.3 is 0 Å². The molecule has 0 N–H and O–H groups in total. The molecule has 0 spiro atoms. The normalized spacial score (nSPS) is 13.6. The lowest BCUT2D eigenvalue weighted by Gasteiger charge is -2.36. The summed E-state index contributed by atoms with van der Waals surface area (Å²) >= 11 is 0. The first kappa shape index (κ1) is 37.0. The van der Waals surface area contributed by atoms with Crippen molar-refractivity contribution in [2.75, 3.05) is 0 Å². The molecule has 3 aliphatic heterocycles. The number of fused-ring (bicyclic) bond motifs is 16. The summed E-state index contributed by atoms with van der Waals surface area (Å²) in [6.07, 6.45) is 0. The van der Waals surface area contributed by atoms with E-state index in [1.165, 1.54) is 42.8 Å². The van der Waals surface area contributed by atoms with Gasteiger partial charge in [0.2, 0.25) is 5.69 Å². The molecule has 0 saturated heterocycles. The minimum atomic E-state index is -2.85. The Bertz CT molecular complexity index is 4380. The lowest BCUT2D eigenvalue weighted by Crippen LogP contribution is -2.72. The van der Waals surface area contributed by atoms with Crippen LogP contribution < -0.4 is 37.1 Å². The first-order valence-electron chi connectivity index (χ1n) is 23.6. The minimum Gasteiger partial charge on any atom is -0.320 e. The molecule has 314 valence electrons. The molecule has 3 aliphatic rings. The standard InChI is InChI=1S/C62H34BN5Si/c1-65-57-61(66-50-30-12-10-24-41(50)45-35-55-46(34-53(45)66)42-25-11-15-33-54(42)69(55,37-18-4-2-5-19-37)38-20-6-3-7-21-38)47(36-64)60-56-62(57)68-52-32-14-9-23-40(52)44-27-17-29-49(59(44)68)63(56)48-28-16-26-43-39-22-8-13-31-51(39)67(60)58(43)48/h2-35H. The van der Waals surface area contributed by atoms with Crippen molar-refractivity contribution in [1.29, 1.82) is 5.26 Å². The van der Waals surface area contributed by atoms with E-state index in [1.807, 2.05) is 0 Å². The molecule has 0 fully saturated rings. The molecule has 10 aromatic carbocycles. The van der Waals surface area contributed by atoms with E-state index >= 15 is 0 Å². The van der Waals surface area contributed by atoms with Crippen LogP contribution in [0.15, 0.2) is 206 Å². The van der Waals surface area contributed by atoms with Crippen molar-refractivity contribution in [3.05, 3.63) is 223 Å². The van der Waals surface area contributed by atoms with E-state index < -0.39 is 8.07 Å². The van der Waals surface area contributed by atoms with Crippen LogP contribution in [-0.2, 0) is 0 Å². The van der Waals surface area contributed by atoms with Crippen LogP contribution in [-0.4, -0.2) is 28.5 Å². The number of para-hydroxylation sites is 5. The summed E-state index contributed by atoms with van der Waals surface area (Å²) in [6.45, 7) is 9.26. The van der Waals surface area contributed by atoms with E-state index in [1.54, 1.807) is 0 Å². The van der Waals surface area contributed by atoms with Gasteiger partial charge in [0.05, 0.1) is 51.3 Å². The average molecular weight is 888 g/mol. The Balaban J connectivity index is 1.13. The highest BCUT2D eigenvalue weighted by Gasteiger charge is 2.50. The molecule has 16 rings (SSSR count). The second kappa shape index (κ2) is 13.1. The van der Waals surface area contributed by atoms with Crippen molar-refractivity contribution in [1.82, 2.24) is 13.7 Å². The second-order valence-electron chi connectivity index (χ2n) is 18.8. The second-order valence-corrected chi connectivity index (χ2v) is 22.6. The van der Waals surface area contributed by atoms with Crippen LogP contribution in [0.1, 0.15) is 5.56 Å². The number of hydrogen-bond donors (Lipinski definition) is 0. The van der Waals surface area contributed by atoms with Gasteiger partial charge in [-0.2, -0.15) is 5.26 Å². The van der Waals surface area contributed by atoms with E-state index in [0.29, 0.717) is 16.9 Å². The molecule has 7 heteroatoms. The molecule has 5 nitrogen and oxygen atoms in total. The highest BCUT2D eigenvalue weighted by molar-refractivity contribution is 7.22. The maximum Gasteiger partial charge on any atom is 0.250 e. The summed E-state index contributed by atoms with van der Waals surface area (Å²) in [5.41, 5.74) is 15.3. The Morgan fingerprint density at radius 3 is 1.54 bits per heavy atom. The SMILES string of the molecule is [C-]#[N+]c1c(-n2c3ccccc3c3cc4c(cc32)-c2ccccc2[Si]4(c2ccccc2)c2ccccc2)c(C#N)c2c3c1-n1c4ccccc4c4cccc(c41)B3c1cccc3c4ccccc4n-2c13. The summed E-state index contributed by atoms with van der Waals surface area (Å²) in [5, 5.41) is 24.3. The highest BCUT2D eigenvalue weighted by atomic mass is 28.3. The van der Waals surface area contributed by atoms with Crippen molar-refractivity contribution in [2.45, 2.75) is 0 Å². The van der Waals surface area contributed by atoms with Crippen molar-refractivity contribution < 1.29 is 0 Å². The quantitative estimate of drug-likeness (QED) is 0.129. The van der Waals surface area contributed by atoms with Gasteiger partial charge in [-0.3, -0.25) is 0 Å². The monoisotopic (exact) mass is 887 g/mol. The van der Waals surface area contributed by atoms with Crippen LogP contribution in [0.4, 0.5) is 5.69 Å². The largest absolute Gasteiger partial charge is 0.320 e. The zero-order valence-electron chi connectivity index (χ0n) is 36.9. The first-order valence-corrected chi connectivity index (χ1v) is 25.6. The number of hydrogen-bond acceptors (Lipinski definition) is 1. The van der Waals surface area contributed by atoms with Crippen molar-refractivity contribution >= 4 is 123 Å². The van der Waals surface area contributed by atoms with Gasteiger partial charge in [-0.05, 0) is 72.5 Å². The number of nitriles is 1.